The summed E-state index contributed by atoms with van der Waals surface area (Å²) in [5.74, 6) is -0.144. The molecule has 4 heteroatoms. The number of carbonyl (C=O) groups excluding carboxylic acids is 1. The molecule has 0 heterocycles. The van der Waals surface area contributed by atoms with E-state index in [0.717, 1.165) is 0 Å². The van der Waals surface area contributed by atoms with Crippen LogP contribution in [0.3, 0.4) is 0 Å². The molecule has 4 nitrogen and oxygen atoms in total. The molecule has 2 saturated carbocycles. The third-order valence-electron chi connectivity index (χ3n) is 3.83. The van der Waals surface area contributed by atoms with E-state index in [-0.39, 0.29) is 5.97 Å². The summed E-state index contributed by atoms with van der Waals surface area (Å²) in [6.45, 7) is 4.86. The van der Waals surface area contributed by atoms with Crippen molar-refractivity contribution >= 4 is 5.97 Å². The van der Waals surface area contributed by atoms with Gasteiger partial charge in [0.05, 0.1) is 12.7 Å². The highest BCUT2D eigenvalue weighted by atomic mass is 16.5. The van der Waals surface area contributed by atoms with E-state index < -0.39 is 5.54 Å². The quantitative estimate of drug-likeness (QED) is 0.674. The fourth-order valence-corrected chi connectivity index (χ4v) is 2.17. The number of esters is 1. The molecule has 1 unspecified atom stereocenters. The number of ether oxygens (including phenoxy) is 2. The van der Waals surface area contributed by atoms with Gasteiger partial charge in [0.1, 0.15) is 5.54 Å². The van der Waals surface area contributed by atoms with Gasteiger partial charge in [-0.2, -0.15) is 0 Å². The second-order valence-corrected chi connectivity index (χ2v) is 5.64. The lowest BCUT2D eigenvalue weighted by Gasteiger charge is -2.31. The lowest BCUT2D eigenvalue weighted by atomic mass is 9.95. The topological polar surface area (TPSA) is 47.6 Å². The maximum absolute atomic E-state index is 12.0. The maximum Gasteiger partial charge on any atom is 0.326 e. The maximum atomic E-state index is 12.0. The van der Waals surface area contributed by atoms with Gasteiger partial charge in [-0.1, -0.05) is 0 Å². The van der Waals surface area contributed by atoms with E-state index in [4.69, 9.17) is 9.47 Å². The average Bonchev–Trinajstić information content (AvgIpc) is 3.06. The monoisotopic (exact) mass is 255 g/mol. The van der Waals surface area contributed by atoms with E-state index in [1.807, 2.05) is 13.8 Å². The number of carbonyl (C=O) groups is 1. The minimum absolute atomic E-state index is 0.144. The van der Waals surface area contributed by atoms with Crippen LogP contribution in [0.5, 0.6) is 0 Å². The highest BCUT2D eigenvalue weighted by Gasteiger charge is 2.39. The van der Waals surface area contributed by atoms with Gasteiger partial charge in [0, 0.05) is 12.6 Å². The van der Waals surface area contributed by atoms with E-state index in [9.17, 15) is 4.79 Å². The van der Waals surface area contributed by atoms with Crippen LogP contribution in [0, 0.1) is 0 Å². The lowest BCUT2D eigenvalue weighted by Crippen LogP contribution is -2.52. The number of hydrogen-bond acceptors (Lipinski definition) is 4. The predicted octanol–water partition coefficient (Wildman–Crippen LogP) is 2.02. The number of hydrogen-bond donors (Lipinski definition) is 1. The third kappa shape index (κ3) is 3.69. The summed E-state index contributed by atoms with van der Waals surface area (Å²) in [5.41, 5.74) is -0.582. The van der Waals surface area contributed by atoms with Crippen LogP contribution in [0.15, 0.2) is 0 Å². The van der Waals surface area contributed by atoms with Crippen LogP contribution in [0.2, 0.25) is 0 Å². The Morgan fingerprint density at radius 2 is 2.06 bits per heavy atom. The number of nitrogens with one attached hydrogen (secondary N) is 1. The highest BCUT2D eigenvalue weighted by molar-refractivity contribution is 5.80. The summed E-state index contributed by atoms with van der Waals surface area (Å²) < 4.78 is 10.9. The molecule has 2 aliphatic carbocycles. The van der Waals surface area contributed by atoms with Crippen molar-refractivity contribution in [1.82, 2.24) is 5.32 Å². The summed E-state index contributed by atoms with van der Waals surface area (Å²) >= 11 is 0. The van der Waals surface area contributed by atoms with Gasteiger partial charge < -0.3 is 9.47 Å². The molecule has 2 rings (SSSR count). The van der Waals surface area contributed by atoms with E-state index in [0.29, 0.717) is 31.8 Å². The molecule has 0 aromatic rings. The predicted molar refractivity (Wildman–Crippen MR) is 69.4 cm³/mol. The summed E-state index contributed by atoms with van der Waals surface area (Å²) in [4.78, 5) is 12.0. The molecule has 104 valence electrons. The Morgan fingerprint density at radius 3 is 2.56 bits per heavy atom. The zero-order chi connectivity index (χ0) is 13.0. The molecular formula is C14H25NO3. The van der Waals surface area contributed by atoms with Crippen LogP contribution in [-0.4, -0.2) is 36.9 Å². The standard InChI is InChI=1S/C14H25NO3/c1-3-17-13(16)14(2,15-11-7-8-11)9-10-18-12-5-4-6-12/h11-12,15H,3-10H2,1-2H3. The van der Waals surface area contributed by atoms with Crippen LogP contribution in [-0.2, 0) is 14.3 Å². The molecule has 0 amide bonds. The second-order valence-electron chi connectivity index (χ2n) is 5.64. The first-order chi connectivity index (χ1) is 8.64. The van der Waals surface area contributed by atoms with Crippen molar-refractivity contribution < 1.29 is 14.3 Å². The Bertz CT molecular complexity index is 287. The molecule has 18 heavy (non-hydrogen) atoms. The smallest absolute Gasteiger partial charge is 0.326 e. The Labute approximate surface area is 109 Å². The summed E-state index contributed by atoms with van der Waals surface area (Å²) in [5, 5.41) is 3.41. The van der Waals surface area contributed by atoms with Crippen molar-refractivity contribution in [3.63, 3.8) is 0 Å². The normalized spacial score (nSPS) is 23.2. The van der Waals surface area contributed by atoms with Gasteiger partial charge in [0.25, 0.3) is 0 Å². The number of rotatable bonds is 8. The van der Waals surface area contributed by atoms with Gasteiger partial charge in [0.15, 0.2) is 0 Å². The van der Waals surface area contributed by atoms with E-state index in [1.54, 1.807) is 0 Å². The highest BCUT2D eigenvalue weighted by Crippen LogP contribution is 2.26. The van der Waals surface area contributed by atoms with Gasteiger partial charge in [-0.3, -0.25) is 10.1 Å². The molecule has 0 aliphatic heterocycles. The first-order valence-corrected chi connectivity index (χ1v) is 7.20. The Kier molecular flexibility index (Phi) is 4.62. The zero-order valence-electron chi connectivity index (χ0n) is 11.5. The van der Waals surface area contributed by atoms with Crippen molar-refractivity contribution in [3.05, 3.63) is 0 Å². The minimum Gasteiger partial charge on any atom is -0.465 e. The molecule has 2 aliphatic rings. The van der Waals surface area contributed by atoms with E-state index in [1.165, 1.54) is 32.1 Å². The van der Waals surface area contributed by atoms with Gasteiger partial charge in [-0.05, 0) is 52.4 Å². The molecule has 0 aromatic carbocycles. The summed E-state index contributed by atoms with van der Waals surface area (Å²) in [7, 11) is 0. The lowest BCUT2D eigenvalue weighted by molar-refractivity contribution is -0.152. The summed E-state index contributed by atoms with van der Waals surface area (Å²) in [6.07, 6.45) is 7.08. The fraction of sp³-hybridized carbons (Fsp3) is 0.929. The Hall–Kier alpha value is -0.610. The molecule has 0 spiro atoms. The average molecular weight is 255 g/mol. The minimum atomic E-state index is -0.582. The van der Waals surface area contributed by atoms with Crippen molar-refractivity contribution in [2.75, 3.05) is 13.2 Å². The van der Waals surface area contributed by atoms with Crippen LogP contribution in [0.25, 0.3) is 0 Å². The molecule has 1 atom stereocenters. The van der Waals surface area contributed by atoms with Crippen LogP contribution >= 0.6 is 0 Å². The fourth-order valence-electron chi connectivity index (χ4n) is 2.17. The molecule has 1 N–H and O–H groups in total. The molecule has 0 aromatic heterocycles. The SMILES string of the molecule is CCOC(=O)C(C)(CCOC1CCC1)NC1CC1. The Morgan fingerprint density at radius 1 is 1.33 bits per heavy atom. The zero-order valence-corrected chi connectivity index (χ0v) is 11.5. The van der Waals surface area contributed by atoms with Crippen molar-refractivity contribution in [1.29, 1.82) is 0 Å². The molecule has 0 saturated heterocycles. The second kappa shape index (κ2) is 6.02. The molecule has 2 fully saturated rings. The van der Waals surface area contributed by atoms with Crippen molar-refractivity contribution in [2.45, 2.75) is 70.1 Å². The van der Waals surface area contributed by atoms with Crippen molar-refractivity contribution in [2.24, 2.45) is 0 Å². The summed E-state index contributed by atoms with van der Waals surface area (Å²) in [6, 6.07) is 0.489. The van der Waals surface area contributed by atoms with Gasteiger partial charge in [-0.15, -0.1) is 0 Å². The van der Waals surface area contributed by atoms with Gasteiger partial charge >= 0.3 is 5.97 Å². The molecule has 0 bridgehead atoms. The Balaban J connectivity index is 1.79. The van der Waals surface area contributed by atoms with E-state index in [2.05, 4.69) is 5.32 Å². The third-order valence-corrected chi connectivity index (χ3v) is 3.83. The van der Waals surface area contributed by atoms with Crippen molar-refractivity contribution in [3.8, 4) is 0 Å². The first-order valence-electron chi connectivity index (χ1n) is 7.20. The van der Waals surface area contributed by atoms with Gasteiger partial charge in [-0.25, -0.2) is 0 Å². The van der Waals surface area contributed by atoms with E-state index >= 15 is 0 Å². The largest absolute Gasteiger partial charge is 0.465 e. The first kappa shape index (κ1) is 13.8. The van der Waals surface area contributed by atoms with Crippen LogP contribution in [0.4, 0.5) is 0 Å². The van der Waals surface area contributed by atoms with Crippen LogP contribution in [0.1, 0.15) is 52.4 Å². The molecule has 0 radical (unpaired) electrons. The molecular weight excluding hydrogens is 230 g/mol. The van der Waals surface area contributed by atoms with Crippen LogP contribution < -0.4 is 5.32 Å². The van der Waals surface area contributed by atoms with Gasteiger partial charge in [0.2, 0.25) is 0 Å².